The van der Waals surface area contributed by atoms with Crippen molar-refractivity contribution < 1.29 is 8.91 Å². The van der Waals surface area contributed by atoms with Crippen molar-refractivity contribution in [2.45, 2.75) is 31.2 Å². The van der Waals surface area contributed by atoms with Crippen molar-refractivity contribution in [2.75, 3.05) is 0 Å². The number of aromatic nitrogens is 2. The molecule has 2 unspecified atom stereocenters. The van der Waals surface area contributed by atoms with Gasteiger partial charge < -0.3 is 10.3 Å². The zero-order valence-corrected chi connectivity index (χ0v) is 9.84. The first-order valence-corrected chi connectivity index (χ1v) is 6.10. The number of hydrogen-bond acceptors (Lipinski definition) is 4. The van der Waals surface area contributed by atoms with Crippen LogP contribution < -0.4 is 5.73 Å². The van der Waals surface area contributed by atoms with Crippen molar-refractivity contribution in [2.24, 2.45) is 5.73 Å². The van der Waals surface area contributed by atoms with E-state index in [9.17, 15) is 4.39 Å². The van der Waals surface area contributed by atoms with E-state index in [1.54, 1.807) is 18.2 Å². The molecule has 2 N–H and O–H groups in total. The molecule has 0 aliphatic heterocycles. The van der Waals surface area contributed by atoms with Gasteiger partial charge in [0.25, 0.3) is 0 Å². The molecule has 0 saturated heterocycles. The Hall–Kier alpha value is -1.75. The molecule has 18 heavy (non-hydrogen) atoms. The summed E-state index contributed by atoms with van der Waals surface area (Å²) in [4.78, 5) is 4.28. The van der Waals surface area contributed by atoms with Crippen molar-refractivity contribution in [1.82, 2.24) is 10.1 Å². The molecule has 1 saturated carbocycles. The van der Waals surface area contributed by atoms with Crippen LogP contribution in [0.2, 0.25) is 0 Å². The van der Waals surface area contributed by atoms with E-state index in [0.717, 1.165) is 19.3 Å². The normalized spacial score (nSPS) is 23.4. The molecule has 0 spiro atoms. The average Bonchev–Trinajstić information content (AvgIpc) is 2.98. The fraction of sp³-hybridized carbons (Fsp3) is 0.385. The molecule has 4 nitrogen and oxygen atoms in total. The third-order valence-electron chi connectivity index (χ3n) is 3.44. The Morgan fingerprint density at radius 3 is 2.83 bits per heavy atom. The lowest BCUT2D eigenvalue weighted by Gasteiger charge is -2.08. The van der Waals surface area contributed by atoms with Crippen LogP contribution in [0.3, 0.4) is 0 Å². The molecule has 1 aliphatic rings. The van der Waals surface area contributed by atoms with Crippen LogP contribution in [0.5, 0.6) is 0 Å². The summed E-state index contributed by atoms with van der Waals surface area (Å²) >= 11 is 0. The summed E-state index contributed by atoms with van der Waals surface area (Å²) in [6, 6.07) is 6.46. The van der Waals surface area contributed by atoms with Crippen LogP contribution in [0.15, 0.2) is 28.8 Å². The predicted molar refractivity (Wildman–Crippen MR) is 64.3 cm³/mol. The first-order chi connectivity index (χ1) is 8.75. The zero-order valence-electron chi connectivity index (χ0n) is 9.84. The van der Waals surface area contributed by atoms with Crippen LogP contribution in [-0.2, 0) is 0 Å². The molecular formula is C13H14FN3O. The van der Waals surface area contributed by atoms with E-state index in [-0.39, 0.29) is 17.8 Å². The van der Waals surface area contributed by atoms with Crippen LogP contribution in [0, 0.1) is 5.82 Å². The highest BCUT2D eigenvalue weighted by atomic mass is 19.1. The minimum Gasteiger partial charge on any atom is -0.339 e. The Morgan fingerprint density at radius 1 is 1.28 bits per heavy atom. The Morgan fingerprint density at radius 2 is 2.11 bits per heavy atom. The Balaban J connectivity index is 1.92. The second-order valence-corrected chi connectivity index (χ2v) is 4.64. The number of rotatable bonds is 2. The van der Waals surface area contributed by atoms with Crippen molar-refractivity contribution in [1.29, 1.82) is 0 Å². The molecule has 0 bridgehead atoms. The summed E-state index contributed by atoms with van der Waals surface area (Å²) in [5.41, 5.74) is 6.35. The van der Waals surface area contributed by atoms with E-state index in [4.69, 9.17) is 10.3 Å². The molecule has 1 fully saturated rings. The summed E-state index contributed by atoms with van der Waals surface area (Å²) in [6.45, 7) is 0. The highest BCUT2D eigenvalue weighted by Gasteiger charge is 2.30. The number of hydrogen-bond donors (Lipinski definition) is 1. The first kappa shape index (κ1) is 11.3. The topological polar surface area (TPSA) is 64.9 Å². The molecule has 1 aromatic heterocycles. The molecule has 2 aromatic rings. The van der Waals surface area contributed by atoms with E-state index >= 15 is 0 Å². The third kappa shape index (κ3) is 1.90. The van der Waals surface area contributed by atoms with Crippen LogP contribution in [0.4, 0.5) is 4.39 Å². The van der Waals surface area contributed by atoms with Gasteiger partial charge in [0.2, 0.25) is 11.7 Å². The largest absolute Gasteiger partial charge is 0.339 e. The fourth-order valence-electron chi connectivity index (χ4n) is 2.43. The number of nitrogens with two attached hydrogens (primary N) is 1. The quantitative estimate of drug-likeness (QED) is 0.885. The van der Waals surface area contributed by atoms with Crippen molar-refractivity contribution in [3.8, 4) is 11.4 Å². The number of halogens is 1. The smallest absolute Gasteiger partial charge is 0.231 e. The van der Waals surface area contributed by atoms with Gasteiger partial charge in [-0.2, -0.15) is 4.98 Å². The lowest BCUT2D eigenvalue weighted by molar-refractivity contribution is 0.345. The Labute approximate surface area is 104 Å². The first-order valence-electron chi connectivity index (χ1n) is 6.10. The number of benzene rings is 1. The average molecular weight is 247 g/mol. The molecule has 94 valence electrons. The molecule has 5 heteroatoms. The Kier molecular flexibility index (Phi) is 2.83. The van der Waals surface area contributed by atoms with Crippen molar-refractivity contribution in [3.05, 3.63) is 36.0 Å². The van der Waals surface area contributed by atoms with Gasteiger partial charge >= 0.3 is 0 Å². The van der Waals surface area contributed by atoms with Crippen LogP contribution in [0.25, 0.3) is 11.4 Å². The molecule has 1 aliphatic carbocycles. The van der Waals surface area contributed by atoms with Crippen molar-refractivity contribution in [3.63, 3.8) is 0 Å². The van der Waals surface area contributed by atoms with Gasteiger partial charge in [-0.25, -0.2) is 4.39 Å². The zero-order chi connectivity index (χ0) is 12.5. The molecule has 3 rings (SSSR count). The summed E-state index contributed by atoms with van der Waals surface area (Å²) in [7, 11) is 0. The van der Waals surface area contributed by atoms with Crippen molar-refractivity contribution >= 4 is 0 Å². The van der Waals surface area contributed by atoms with E-state index < -0.39 is 0 Å². The van der Waals surface area contributed by atoms with E-state index in [0.29, 0.717) is 17.3 Å². The van der Waals surface area contributed by atoms with Gasteiger partial charge in [0.05, 0.1) is 11.5 Å². The summed E-state index contributed by atoms with van der Waals surface area (Å²) < 4.78 is 18.8. The molecule has 0 radical (unpaired) electrons. The number of nitrogens with zero attached hydrogens (tertiary/aromatic N) is 2. The standard InChI is InChI=1S/C13H14FN3O/c14-10-6-2-1-4-8(10)12-16-13(18-17-12)9-5-3-7-11(9)15/h1-2,4,6,9,11H,3,5,7,15H2. The summed E-state index contributed by atoms with van der Waals surface area (Å²) in [6.07, 6.45) is 3.01. The van der Waals surface area contributed by atoms with Crippen LogP contribution in [0.1, 0.15) is 31.1 Å². The predicted octanol–water partition coefficient (Wildman–Crippen LogP) is 2.47. The van der Waals surface area contributed by atoms with Gasteiger partial charge in [0.1, 0.15) is 5.82 Å². The summed E-state index contributed by atoms with van der Waals surface area (Å²) in [5, 5.41) is 3.84. The van der Waals surface area contributed by atoms with Crippen LogP contribution in [-0.4, -0.2) is 16.2 Å². The summed E-state index contributed by atoms with van der Waals surface area (Å²) in [5.74, 6) is 0.582. The van der Waals surface area contributed by atoms with E-state index in [1.807, 2.05) is 0 Å². The maximum absolute atomic E-state index is 13.6. The van der Waals surface area contributed by atoms with Gasteiger partial charge in [-0.1, -0.05) is 23.7 Å². The van der Waals surface area contributed by atoms with E-state index in [2.05, 4.69) is 10.1 Å². The van der Waals surface area contributed by atoms with Gasteiger partial charge in [0.15, 0.2) is 0 Å². The van der Waals surface area contributed by atoms with Crippen LogP contribution >= 0.6 is 0 Å². The molecule has 2 atom stereocenters. The maximum Gasteiger partial charge on any atom is 0.231 e. The SMILES string of the molecule is NC1CCCC1c1nc(-c2ccccc2F)no1. The lowest BCUT2D eigenvalue weighted by Crippen LogP contribution is -2.22. The van der Waals surface area contributed by atoms with Gasteiger partial charge in [-0.05, 0) is 25.0 Å². The van der Waals surface area contributed by atoms with Gasteiger partial charge in [0, 0.05) is 6.04 Å². The third-order valence-corrected chi connectivity index (χ3v) is 3.44. The maximum atomic E-state index is 13.6. The minimum absolute atomic E-state index is 0.0684. The Bertz CT molecular complexity index is 555. The van der Waals surface area contributed by atoms with Gasteiger partial charge in [-0.3, -0.25) is 0 Å². The lowest BCUT2D eigenvalue weighted by atomic mass is 10.1. The minimum atomic E-state index is -0.347. The fourth-order valence-corrected chi connectivity index (χ4v) is 2.43. The second kappa shape index (κ2) is 4.49. The van der Waals surface area contributed by atoms with Gasteiger partial charge in [-0.15, -0.1) is 0 Å². The second-order valence-electron chi connectivity index (χ2n) is 4.64. The molecule has 1 heterocycles. The highest BCUT2D eigenvalue weighted by molar-refractivity contribution is 5.54. The molecular weight excluding hydrogens is 233 g/mol. The molecule has 0 amide bonds. The highest BCUT2D eigenvalue weighted by Crippen LogP contribution is 2.33. The van der Waals surface area contributed by atoms with E-state index in [1.165, 1.54) is 6.07 Å². The molecule has 1 aromatic carbocycles. The monoisotopic (exact) mass is 247 g/mol.